The van der Waals surface area contributed by atoms with Crippen LogP contribution in [0.4, 0.5) is 4.39 Å². The second-order valence-electron chi connectivity index (χ2n) is 4.07. The fraction of sp³-hybridized carbons (Fsp3) is 0.286. The Hall–Kier alpha value is -1.95. The van der Waals surface area contributed by atoms with E-state index in [9.17, 15) is 9.18 Å². The molecule has 1 aromatic carbocycles. The molecular weight excluding hydrogens is 281 g/mol. The van der Waals surface area contributed by atoms with E-state index in [0.29, 0.717) is 23.5 Å². The minimum absolute atomic E-state index is 0.193. The number of para-hydroxylation sites is 1. The normalized spacial score (nSPS) is 10.5. The van der Waals surface area contributed by atoms with Crippen molar-refractivity contribution in [2.24, 2.45) is 0 Å². The minimum Gasteiger partial charge on any atom is -0.490 e. The molecule has 4 nitrogen and oxygen atoms in total. The molecule has 0 bridgehead atoms. The third-order valence-electron chi connectivity index (χ3n) is 2.68. The molecule has 2 rings (SSSR count). The van der Waals surface area contributed by atoms with Crippen molar-refractivity contribution in [3.8, 4) is 5.75 Å². The van der Waals surface area contributed by atoms with Crippen LogP contribution in [0.25, 0.3) is 0 Å². The average Bonchev–Trinajstić information content (AvgIpc) is 2.84. The number of carboxylic acids is 1. The average molecular weight is 295 g/mol. The highest BCUT2D eigenvalue weighted by Gasteiger charge is 2.15. The summed E-state index contributed by atoms with van der Waals surface area (Å²) in [6.07, 6.45) is 1.03. The molecule has 0 saturated heterocycles. The van der Waals surface area contributed by atoms with Gasteiger partial charge in [-0.1, -0.05) is 19.1 Å². The molecule has 0 atom stereocenters. The SMILES string of the molecule is CCc1nc(CCOc2ccccc2F)sc1C(=O)O. The molecular formula is C14H14FNO3S. The molecule has 6 heteroatoms. The Balaban J connectivity index is 1.98. The number of thiazole rings is 1. The number of halogens is 1. The molecule has 106 valence electrons. The summed E-state index contributed by atoms with van der Waals surface area (Å²) in [5.74, 6) is -1.18. The molecule has 2 aromatic rings. The second kappa shape index (κ2) is 6.47. The number of nitrogens with zero attached hydrogens (tertiary/aromatic N) is 1. The van der Waals surface area contributed by atoms with E-state index in [4.69, 9.17) is 9.84 Å². The molecule has 0 aliphatic rings. The first-order chi connectivity index (χ1) is 9.61. The fourth-order valence-corrected chi connectivity index (χ4v) is 2.70. The first kappa shape index (κ1) is 14.5. The Kier molecular flexibility index (Phi) is 4.68. The van der Waals surface area contributed by atoms with Gasteiger partial charge < -0.3 is 9.84 Å². The smallest absolute Gasteiger partial charge is 0.347 e. The van der Waals surface area contributed by atoms with Crippen LogP contribution >= 0.6 is 11.3 Å². The van der Waals surface area contributed by atoms with Crippen molar-refractivity contribution in [2.45, 2.75) is 19.8 Å². The molecule has 0 aliphatic heterocycles. The van der Waals surface area contributed by atoms with E-state index in [0.717, 1.165) is 11.3 Å². The minimum atomic E-state index is -0.958. The van der Waals surface area contributed by atoms with Crippen LogP contribution in [-0.4, -0.2) is 22.7 Å². The summed E-state index contributed by atoms with van der Waals surface area (Å²) in [4.78, 5) is 15.6. The van der Waals surface area contributed by atoms with E-state index < -0.39 is 11.8 Å². The van der Waals surface area contributed by atoms with Crippen LogP contribution in [0, 0.1) is 5.82 Å². The number of carbonyl (C=O) groups is 1. The first-order valence-corrected chi connectivity index (χ1v) is 7.02. The number of benzene rings is 1. The summed E-state index contributed by atoms with van der Waals surface area (Å²) in [7, 11) is 0. The second-order valence-corrected chi connectivity index (χ2v) is 5.15. The number of aromatic nitrogens is 1. The zero-order valence-corrected chi connectivity index (χ0v) is 11.7. The topological polar surface area (TPSA) is 59.4 Å². The van der Waals surface area contributed by atoms with E-state index in [-0.39, 0.29) is 17.2 Å². The summed E-state index contributed by atoms with van der Waals surface area (Å²) in [6, 6.07) is 6.17. The van der Waals surface area contributed by atoms with Crippen LogP contribution in [0.5, 0.6) is 5.75 Å². The van der Waals surface area contributed by atoms with E-state index in [2.05, 4.69) is 4.98 Å². The third-order valence-corrected chi connectivity index (χ3v) is 3.83. The maximum absolute atomic E-state index is 13.3. The van der Waals surface area contributed by atoms with Crippen LogP contribution in [0.2, 0.25) is 0 Å². The van der Waals surface area contributed by atoms with Crippen molar-refractivity contribution in [3.63, 3.8) is 0 Å². The Bertz CT molecular complexity index is 612. The lowest BCUT2D eigenvalue weighted by Crippen LogP contribution is -2.02. The highest BCUT2D eigenvalue weighted by molar-refractivity contribution is 7.13. The van der Waals surface area contributed by atoms with Crippen LogP contribution in [0.15, 0.2) is 24.3 Å². The highest BCUT2D eigenvalue weighted by atomic mass is 32.1. The molecule has 1 N–H and O–H groups in total. The number of hydrogen-bond donors (Lipinski definition) is 1. The zero-order valence-electron chi connectivity index (χ0n) is 10.9. The number of aryl methyl sites for hydroxylation is 1. The molecule has 20 heavy (non-hydrogen) atoms. The molecule has 1 aromatic heterocycles. The number of hydrogen-bond acceptors (Lipinski definition) is 4. The molecule has 0 amide bonds. The van der Waals surface area contributed by atoms with Gasteiger partial charge in [0, 0.05) is 6.42 Å². The number of carboxylic acid groups (broad SMARTS) is 1. The van der Waals surface area contributed by atoms with Gasteiger partial charge >= 0.3 is 5.97 Å². The maximum atomic E-state index is 13.3. The summed E-state index contributed by atoms with van der Waals surface area (Å²) in [6.45, 7) is 2.12. The largest absolute Gasteiger partial charge is 0.490 e. The van der Waals surface area contributed by atoms with Gasteiger partial charge in [-0.3, -0.25) is 0 Å². The van der Waals surface area contributed by atoms with Gasteiger partial charge in [-0.05, 0) is 18.6 Å². The number of aromatic carboxylic acids is 1. The monoisotopic (exact) mass is 295 g/mol. The summed E-state index contributed by atoms with van der Waals surface area (Å²) in [5.41, 5.74) is 0.586. The van der Waals surface area contributed by atoms with Gasteiger partial charge in [-0.15, -0.1) is 11.3 Å². The summed E-state index contributed by atoms with van der Waals surface area (Å²) in [5, 5.41) is 9.73. The van der Waals surface area contributed by atoms with Crippen LogP contribution in [0.1, 0.15) is 27.3 Å². The Morgan fingerprint density at radius 3 is 2.80 bits per heavy atom. The van der Waals surface area contributed by atoms with Crippen molar-refractivity contribution in [2.75, 3.05) is 6.61 Å². The van der Waals surface area contributed by atoms with Crippen LogP contribution in [-0.2, 0) is 12.8 Å². The van der Waals surface area contributed by atoms with Gasteiger partial charge in [0.05, 0.1) is 17.3 Å². The van der Waals surface area contributed by atoms with E-state index in [1.54, 1.807) is 18.2 Å². The molecule has 0 saturated carbocycles. The predicted molar refractivity (Wildman–Crippen MR) is 74.1 cm³/mol. The quantitative estimate of drug-likeness (QED) is 0.889. The van der Waals surface area contributed by atoms with Crippen molar-refractivity contribution in [3.05, 3.63) is 45.7 Å². The number of ether oxygens (including phenoxy) is 1. The van der Waals surface area contributed by atoms with E-state index in [1.807, 2.05) is 6.92 Å². The van der Waals surface area contributed by atoms with Crippen LogP contribution < -0.4 is 4.74 Å². The molecule has 0 fully saturated rings. The van der Waals surface area contributed by atoms with Crippen LogP contribution in [0.3, 0.4) is 0 Å². The summed E-state index contributed by atoms with van der Waals surface area (Å²) >= 11 is 1.15. The zero-order chi connectivity index (χ0) is 14.5. The molecule has 1 heterocycles. The molecule has 0 spiro atoms. The lowest BCUT2D eigenvalue weighted by Gasteiger charge is -2.05. The lowest BCUT2D eigenvalue weighted by molar-refractivity contribution is 0.0701. The third kappa shape index (κ3) is 3.33. The fourth-order valence-electron chi connectivity index (χ4n) is 1.72. The Morgan fingerprint density at radius 2 is 2.20 bits per heavy atom. The van der Waals surface area contributed by atoms with Crippen molar-refractivity contribution < 1.29 is 19.0 Å². The summed E-state index contributed by atoms with van der Waals surface area (Å²) < 4.78 is 18.7. The van der Waals surface area contributed by atoms with Crippen molar-refractivity contribution in [1.29, 1.82) is 0 Å². The Morgan fingerprint density at radius 1 is 1.45 bits per heavy atom. The Labute approximate surface area is 119 Å². The van der Waals surface area contributed by atoms with Gasteiger partial charge in [-0.2, -0.15) is 0 Å². The van der Waals surface area contributed by atoms with E-state index in [1.165, 1.54) is 6.07 Å². The predicted octanol–water partition coefficient (Wildman–Crippen LogP) is 3.16. The standard InChI is InChI=1S/C14H14FNO3S/c1-2-10-13(14(17)18)20-12(16-10)7-8-19-11-6-4-3-5-9(11)15/h3-6H,2,7-8H2,1H3,(H,17,18). The first-order valence-electron chi connectivity index (χ1n) is 6.21. The molecule has 0 radical (unpaired) electrons. The van der Waals surface area contributed by atoms with Gasteiger partial charge in [0.1, 0.15) is 4.88 Å². The lowest BCUT2D eigenvalue weighted by atomic mass is 10.3. The van der Waals surface area contributed by atoms with E-state index >= 15 is 0 Å². The van der Waals surface area contributed by atoms with Crippen molar-refractivity contribution >= 4 is 17.3 Å². The van der Waals surface area contributed by atoms with Gasteiger partial charge in [0.25, 0.3) is 0 Å². The maximum Gasteiger partial charge on any atom is 0.347 e. The highest BCUT2D eigenvalue weighted by Crippen LogP contribution is 2.21. The molecule has 0 aliphatic carbocycles. The van der Waals surface area contributed by atoms with Gasteiger partial charge in [0.2, 0.25) is 0 Å². The van der Waals surface area contributed by atoms with Gasteiger partial charge in [-0.25, -0.2) is 14.2 Å². The van der Waals surface area contributed by atoms with Crippen molar-refractivity contribution in [1.82, 2.24) is 4.98 Å². The number of rotatable bonds is 6. The molecule has 0 unspecified atom stereocenters. The van der Waals surface area contributed by atoms with Gasteiger partial charge in [0.15, 0.2) is 11.6 Å².